The number of methoxy groups -OCH3 is 1. The van der Waals surface area contributed by atoms with Crippen LogP contribution in [0.4, 0.5) is 0 Å². The van der Waals surface area contributed by atoms with Gasteiger partial charge in [0, 0.05) is 30.9 Å². The molecule has 1 aromatic carbocycles. The van der Waals surface area contributed by atoms with Gasteiger partial charge in [0.1, 0.15) is 0 Å². The highest BCUT2D eigenvalue weighted by atomic mass is 35.5. The van der Waals surface area contributed by atoms with Crippen molar-refractivity contribution in [1.82, 2.24) is 9.88 Å². The molecule has 0 aliphatic heterocycles. The number of ether oxygens (including phenoxy) is 1. The molecule has 0 N–H and O–H groups in total. The summed E-state index contributed by atoms with van der Waals surface area (Å²) in [5, 5.41) is 0.653. The summed E-state index contributed by atoms with van der Waals surface area (Å²) in [5.74, 6) is 0.371. The van der Waals surface area contributed by atoms with Crippen LogP contribution in [-0.2, 0) is 6.54 Å². The number of nitrogens with zero attached hydrogens (tertiary/aromatic N) is 2. The first-order chi connectivity index (χ1) is 9.61. The molecule has 0 radical (unpaired) electrons. The molecule has 20 heavy (non-hydrogen) atoms. The Morgan fingerprint density at radius 1 is 1.30 bits per heavy atom. The summed E-state index contributed by atoms with van der Waals surface area (Å²) >= 11 is 6.09. The Bertz CT molecular complexity index is 599. The van der Waals surface area contributed by atoms with Gasteiger partial charge in [-0.1, -0.05) is 29.8 Å². The molecule has 1 amide bonds. The summed E-state index contributed by atoms with van der Waals surface area (Å²) in [5.41, 5.74) is 1.42. The van der Waals surface area contributed by atoms with Gasteiger partial charge in [-0.2, -0.15) is 0 Å². The molecule has 0 fully saturated rings. The Balaban J connectivity index is 2.10. The highest BCUT2D eigenvalue weighted by Crippen LogP contribution is 2.17. The Labute approximate surface area is 123 Å². The van der Waals surface area contributed by atoms with Crippen molar-refractivity contribution in [3.63, 3.8) is 0 Å². The van der Waals surface area contributed by atoms with Gasteiger partial charge in [0.15, 0.2) is 0 Å². The summed E-state index contributed by atoms with van der Waals surface area (Å²) in [6.07, 6.45) is 1.50. The maximum atomic E-state index is 12.3. The van der Waals surface area contributed by atoms with E-state index in [2.05, 4.69) is 4.98 Å². The van der Waals surface area contributed by atoms with Gasteiger partial charge in [-0.25, -0.2) is 4.98 Å². The molecule has 0 spiro atoms. The van der Waals surface area contributed by atoms with E-state index in [9.17, 15) is 4.79 Å². The molecular weight excluding hydrogens is 276 g/mol. The van der Waals surface area contributed by atoms with Crippen molar-refractivity contribution in [2.45, 2.75) is 6.54 Å². The Morgan fingerprint density at radius 3 is 2.65 bits per heavy atom. The average Bonchev–Trinajstić information content (AvgIpc) is 2.49. The van der Waals surface area contributed by atoms with E-state index in [-0.39, 0.29) is 5.91 Å². The zero-order valence-corrected chi connectivity index (χ0v) is 12.1. The van der Waals surface area contributed by atoms with Crippen LogP contribution in [0.2, 0.25) is 5.02 Å². The van der Waals surface area contributed by atoms with Gasteiger partial charge in [0.25, 0.3) is 5.91 Å². The van der Waals surface area contributed by atoms with E-state index in [1.807, 2.05) is 24.3 Å². The first-order valence-electron chi connectivity index (χ1n) is 6.10. The molecule has 5 heteroatoms. The fourth-order valence-corrected chi connectivity index (χ4v) is 2.00. The van der Waals surface area contributed by atoms with Crippen LogP contribution in [0.1, 0.15) is 15.9 Å². The van der Waals surface area contributed by atoms with Crippen LogP contribution in [-0.4, -0.2) is 29.9 Å². The van der Waals surface area contributed by atoms with Gasteiger partial charge in [-0.05, 0) is 17.7 Å². The molecule has 2 aromatic rings. The quantitative estimate of drug-likeness (QED) is 0.869. The topological polar surface area (TPSA) is 42.4 Å². The van der Waals surface area contributed by atoms with Crippen molar-refractivity contribution in [1.29, 1.82) is 0 Å². The summed E-state index contributed by atoms with van der Waals surface area (Å²) in [6, 6.07) is 10.8. The number of hydrogen-bond donors (Lipinski definition) is 0. The van der Waals surface area contributed by atoms with E-state index < -0.39 is 0 Å². The summed E-state index contributed by atoms with van der Waals surface area (Å²) in [6.45, 7) is 0.449. The van der Waals surface area contributed by atoms with Crippen LogP contribution in [0.25, 0.3) is 0 Å². The molecule has 0 atom stereocenters. The molecule has 1 aromatic heterocycles. The third-order valence-electron chi connectivity index (χ3n) is 2.90. The first-order valence-corrected chi connectivity index (χ1v) is 6.48. The van der Waals surface area contributed by atoms with Crippen molar-refractivity contribution < 1.29 is 9.53 Å². The van der Waals surface area contributed by atoms with Gasteiger partial charge in [0.05, 0.1) is 12.7 Å². The van der Waals surface area contributed by atoms with Crippen LogP contribution in [0.15, 0.2) is 42.6 Å². The molecule has 2 rings (SSSR count). The third-order valence-corrected chi connectivity index (χ3v) is 3.27. The maximum Gasteiger partial charge on any atom is 0.255 e. The summed E-state index contributed by atoms with van der Waals surface area (Å²) in [4.78, 5) is 17.9. The van der Waals surface area contributed by atoms with Crippen LogP contribution < -0.4 is 4.74 Å². The molecule has 0 saturated heterocycles. The molecule has 0 saturated carbocycles. The SMILES string of the molecule is COc1ccc(C(=O)N(C)Cc2ccccc2Cl)cn1. The second kappa shape index (κ2) is 6.39. The lowest BCUT2D eigenvalue weighted by atomic mass is 10.2. The van der Waals surface area contributed by atoms with Crippen molar-refractivity contribution in [3.05, 3.63) is 58.7 Å². The smallest absolute Gasteiger partial charge is 0.255 e. The Kier molecular flexibility index (Phi) is 4.58. The predicted molar refractivity (Wildman–Crippen MR) is 78.0 cm³/mol. The predicted octanol–water partition coefficient (Wildman–Crippen LogP) is 3.02. The average molecular weight is 291 g/mol. The number of aromatic nitrogens is 1. The van der Waals surface area contributed by atoms with Crippen LogP contribution in [0.3, 0.4) is 0 Å². The van der Waals surface area contributed by atoms with Crippen LogP contribution in [0.5, 0.6) is 5.88 Å². The van der Waals surface area contributed by atoms with Gasteiger partial charge >= 0.3 is 0 Å². The highest BCUT2D eigenvalue weighted by molar-refractivity contribution is 6.31. The number of amides is 1. The Morgan fingerprint density at radius 2 is 2.05 bits per heavy atom. The standard InChI is InChI=1S/C15H15ClN2O2/c1-18(10-12-5-3-4-6-13(12)16)15(19)11-7-8-14(20-2)17-9-11/h3-9H,10H2,1-2H3. The minimum atomic E-state index is -0.111. The number of carbonyl (C=O) groups excluding carboxylic acids is 1. The number of carbonyl (C=O) groups is 1. The van der Waals surface area contributed by atoms with E-state index in [1.54, 1.807) is 24.1 Å². The largest absolute Gasteiger partial charge is 0.481 e. The minimum Gasteiger partial charge on any atom is -0.481 e. The molecule has 104 valence electrons. The van der Waals surface area contributed by atoms with Crippen LogP contribution >= 0.6 is 11.6 Å². The molecule has 0 bridgehead atoms. The summed E-state index contributed by atoms with van der Waals surface area (Å²) < 4.78 is 4.97. The fraction of sp³-hybridized carbons (Fsp3) is 0.200. The van der Waals surface area contributed by atoms with E-state index in [0.29, 0.717) is 23.0 Å². The molecule has 0 unspecified atom stereocenters. The number of hydrogen-bond acceptors (Lipinski definition) is 3. The number of pyridine rings is 1. The second-order valence-electron chi connectivity index (χ2n) is 4.34. The lowest BCUT2D eigenvalue weighted by Gasteiger charge is -2.18. The Hall–Kier alpha value is -2.07. The van der Waals surface area contributed by atoms with Crippen molar-refractivity contribution in [3.8, 4) is 5.88 Å². The van der Waals surface area contributed by atoms with E-state index in [0.717, 1.165) is 5.56 Å². The zero-order chi connectivity index (χ0) is 14.5. The fourth-order valence-electron chi connectivity index (χ4n) is 1.80. The van der Waals surface area contributed by atoms with E-state index in [4.69, 9.17) is 16.3 Å². The van der Waals surface area contributed by atoms with Gasteiger partial charge in [-0.15, -0.1) is 0 Å². The molecule has 1 heterocycles. The second-order valence-corrected chi connectivity index (χ2v) is 4.75. The molecule has 0 aliphatic rings. The normalized spacial score (nSPS) is 10.2. The van der Waals surface area contributed by atoms with Gasteiger partial charge in [0.2, 0.25) is 5.88 Å². The van der Waals surface area contributed by atoms with Gasteiger partial charge in [-0.3, -0.25) is 4.79 Å². The molecular formula is C15H15ClN2O2. The van der Waals surface area contributed by atoms with Crippen LogP contribution in [0, 0.1) is 0 Å². The third kappa shape index (κ3) is 3.27. The maximum absolute atomic E-state index is 12.3. The zero-order valence-electron chi connectivity index (χ0n) is 11.3. The molecule has 0 aliphatic carbocycles. The summed E-state index contributed by atoms with van der Waals surface area (Å²) in [7, 11) is 3.27. The van der Waals surface area contributed by atoms with Crippen molar-refractivity contribution in [2.75, 3.05) is 14.2 Å². The number of rotatable bonds is 4. The minimum absolute atomic E-state index is 0.111. The number of benzene rings is 1. The van der Waals surface area contributed by atoms with Gasteiger partial charge < -0.3 is 9.64 Å². The number of halogens is 1. The van der Waals surface area contributed by atoms with E-state index in [1.165, 1.54) is 13.3 Å². The van der Waals surface area contributed by atoms with Crippen molar-refractivity contribution in [2.24, 2.45) is 0 Å². The lowest BCUT2D eigenvalue weighted by Crippen LogP contribution is -2.26. The highest BCUT2D eigenvalue weighted by Gasteiger charge is 2.13. The molecule has 4 nitrogen and oxygen atoms in total. The first kappa shape index (κ1) is 14.3. The monoisotopic (exact) mass is 290 g/mol. The van der Waals surface area contributed by atoms with E-state index >= 15 is 0 Å². The lowest BCUT2D eigenvalue weighted by molar-refractivity contribution is 0.0784. The van der Waals surface area contributed by atoms with Crippen molar-refractivity contribution >= 4 is 17.5 Å².